The SMILES string of the molecule is COc1ccc(O[C@@H]2O[C@H](CO[C@@H]3O[C@H](CO)[C@@H](O[C@@H]4O[C@H](CO)[C@H](O)[C@H](OS(=O)(=O)O)[C@H]4O)[C@H](O[C@@H]4O[C@@H](C)[C@@H](O)[C@@H](O)[C@@H]4O)[C@H]3O)[C@H](O)[C@H](O)[C@H]2O)cc1. The first-order valence-electron chi connectivity index (χ1n) is 17.2. The zero-order chi connectivity index (χ0) is 41.2. The zero-order valence-electron chi connectivity index (χ0n) is 29.7. The molecule has 25 heteroatoms. The smallest absolute Gasteiger partial charge is 0.397 e. The molecule has 56 heavy (non-hydrogen) atoms. The van der Waals surface area contributed by atoms with Crippen molar-refractivity contribution in [2.75, 3.05) is 26.9 Å². The molecule has 4 saturated heterocycles. The second-order valence-electron chi connectivity index (χ2n) is 13.4. The third-order valence-electron chi connectivity index (χ3n) is 9.64. The number of methoxy groups -OCH3 is 1. The number of ether oxygens (including phenoxy) is 9. The van der Waals surface area contributed by atoms with Crippen molar-refractivity contribution in [2.24, 2.45) is 0 Å². The minimum absolute atomic E-state index is 0.183. The summed E-state index contributed by atoms with van der Waals surface area (Å²) in [5.41, 5.74) is 0. The Bertz CT molecular complexity index is 1490. The fourth-order valence-corrected chi connectivity index (χ4v) is 6.99. The van der Waals surface area contributed by atoms with E-state index in [2.05, 4.69) is 4.18 Å². The van der Waals surface area contributed by atoms with Gasteiger partial charge in [0.2, 0.25) is 6.29 Å². The van der Waals surface area contributed by atoms with E-state index in [1.54, 1.807) is 12.1 Å². The van der Waals surface area contributed by atoms with Crippen LogP contribution in [0.25, 0.3) is 0 Å². The van der Waals surface area contributed by atoms with E-state index >= 15 is 0 Å². The van der Waals surface area contributed by atoms with E-state index in [0.29, 0.717) is 5.75 Å². The maximum absolute atomic E-state index is 11.6. The zero-order valence-corrected chi connectivity index (χ0v) is 30.5. The average molecular weight is 837 g/mol. The molecule has 0 amide bonds. The first kappa shape index (κ1) is 45.1. The molecule has 4 aliphatic rings. The van der Waals surface area contributed by atoms with Crippen molar-refractivity contribution in [1.82, 2.24) is 0 Å². The molecule has 322 valence electrons. The Morgan fingerprint density at radius 3 is 1.70 bits per heavy atom. The van der Waals surface area contributed by atoms with E-state index in [1.165, 1.54) is 26.2 Å². The van der Waals surface area contributed by atoms with Gasteiger partial charge in [-0.15, -0.1) is 0 Å². The van der Waals surface area contributed by atoms with Gasteiger partial charge in [0.15, 0.2) is 18.9 Å². The van der Waals surface area contributed by atoms with Crippen molar-refractivity contribution in [1.29, 1.82) is 0 Å². The van der Waals surface area contributed by atoms with Crippen molar-refractivity contribution >= 4 is 10.4 Å². The third kappa shape index (κ3) is 10.0. The predicted octanol–water partition coefficient (Wildman–Crippen LogP) is -6.80. The quantitative estimate of drug-likeness (QED) is 0.0775. The second kappa shape index (κ2) is 18.9. The van der Waals surface area contributed by atoms with E-state index in [-0.39, 0.29) is 5.75 Å². The normalized spacial score (nSPS) is 45.0. The predicted molar refractivity (Wildman–Crippen MR) is 174 cm³/mol. The van der Waals surface area contributed by atoms with Crippen LogP contribution in [-0.4, -0.2) is 219 Å². The summed E-state index contributed by atoms with van der Waals surface area (Å²) in [6, 6.07) is 6.06. The Labute approximate surface area is 318 Å². The highest BCUT2D eigenvalue weighted by molar-refractivity contribution is 7.80. The summed E-state index contributed by atoms with van der Waals surface area (Å²) >= 11 is 0. The molecular formula is C31H48O24S. The molecule has 1 aromatic carbocycles. The van der Waals surface area contributed by atoms with Gasteiger partial charge in [-0.2, -0.15) is 8.42 Å². The molecule has 12 N–H and O–H groups in total. The molecule has 0 radical (unpaired) electrons. The number of aliphatic hydroxyl groups is 11. The maximum atomic E-state index is 11.6. The molecule has 1 aromatic rings. The monoisotopic (exact) mass is 836 g/mol. The molecule has 0 aliphatic carbocycles. The summed E-state index contributed by atoms with van der Waals surface area (Å²) in [5, 5.41) is 116. The van der Waals surface area contributed by atoms with E-state index < -0.39 is 153 Å². The summed E-state index contributed by atoms with van der Waals surface area (Å²) in [7, 11) is -3.88. The highest BCUT2D eigenvalue weighted by atomic mass is 32.3. The van der Waals surface area contributed by atoms with Crippen LogP contribution in [0.15, 0.2) is 24.3 Å². The van der Waals surface area contributed by atoms with Gasteiger partial charge in [-0.25, -0.2) is 4.18 Å². The Morgan fingerprint density at radius 2 is 1.09 bits per heavy atom. The Balaban J connectivity index is 1.38. The molecule has 0 spiro atoms. The number of rotatable bonds is 14. The van der Waals surface area contributed by atoms with Crippen molar-refractivity contribution in [3.05, 3.63) is 24.3 Å². The fraction of sp³-hybridized carbons (Fsp3) is 0.806. The number of aliphatic hydroxyl groups excluding tert-OH is 11. The van der Waals surface area contributed by atoms with Crippen LogP contribution < -0.4 is 9.47 Å². The highest BCUT2D eigenvalue weighted by Gasteiger charge is 2.55. The second-order valence-corrected chi connectivity index (χ2v) is 14.5. The van der Waals surface area contributed by atoms with Crippen LogP contribution in [0.2, 0.25) is 0 Å². The van der Waals surface area contributed by atoms with E-state index in [4.69, 9.17) is 42.6 Å². The highest BCUT2D eigenvalue weighted by Crippen LogP contribution is 2.35. The molecule has 0 bridgehead atoms. The molecule has 4 fully saturated rings. The number of hydrogen-bond acceptors (Lipinski definition) is 23. The van der Waals surface area contributed by atoms with Crippen LogP contribution >= 0.6 is 0 Å². The maximum Gasteiger partial charge on any atom is 0.397 e. The minimum atomic E-state index is -5.33. The lowest BCUT2D eigenvalue weighted by Crippen LogP contribution is -2.67. The molecule has 0 aromatic heterocycles. The van der Waals surface area contributed by atoms with Crippen molar-refractivity contribution < 1.29 is 116 Å². The molecule has 0 saturated carbocycles. The average Bonchev–Trinajstić information content (AvgIpc) is 3.16. The number of benzene rings is 1. The molecule has 0 unspecified atom stereocenters. The van der Waals surface area contributed by atoms with E-state index in [1.807, 2.05) is 0 Å². The lowest BCUT2D eigenvalue weighted by molar-refractivity contribution is -0.387. The van der Waals surface area contributed by atoms with Crippen molar-refractivity contribution in [3.8, 4) is 11.5 Å². The molecule has 4 heterocycles. The Morgan fingerprint density at radius 1 is 0.571 bits per heavy atom. The van der Waals surface area contributed by atoms with Crippen LogP contribution in [0.1, 0.15) is 6.92 Å². The van der Waals surface area contributed by atoms with E-state index in [0.717, 1.165) is 0 Å². The van der Waals surface area contributed by atoms with Gasteiger partial charge < -0.3 is 98.8 Å². The van der Waals surface area contributed by atoms with Gasteiger partial charge in [0.1, 0.15) is 103 Å². The lowest BCUT2D eigenvalue weighted by Gasteiger charge is -2.49. The summed E-state index contributed by atoms with van der Waals surface area (Å²) < 4.78 is 87.1. The Hall–Kier alpha value is -2.03. The fourth-order valence-electron chi connectivity index (χ4n) is 6.48. The van der Waals surface area contributed by atoms with Crippen LogP contribution in [0.3, 0.4) is 0 Å². The first-order chi connectivity index (χ1) is 26.4. The van der Waals surface area contributed by atoms with E-state index in [9.17, 15) is 69.1 Å². The molecule has 24 nitrogen and oxygen atoms in total. The standard InChI is InChI=1S/C31H48O24S/c1-10-16(34)19(37)21(39)29(48-10)54-27-24(42)28(47-9-15-17(35)20(38)22(40)30(52-15)49-12-5-3-11(46-2)4-6-12)51-14(8-33)25(27)53-31-23(41)26(55-56(43,44)45)18(36)13(7-32)50-31/h3-6,10,13-42H,7-9H2,1-2H3,(H,43,44,45)/t10-,13+,14+,15+,16+,17-,18-,19+,20-,21-,22+,23+,24+,25+,26-,27+,28+,29-,30+,31-/m0/s1. The van der Waals surface area contributed by atoms with Gasteiger partial charge in [-0.3, -0.25) is 4.55 Å². The first-order valence-corrected chi connectivity index (χ1v) is 18.6. The van der Waals surface area contributed by atoms with Gasteiger partial charge in [-0.1, -0.05) is 0 Å². The summed E-state index contributed by atoms with van der Waals surface area (Å²) in [4.78, 5) is 0. The molecule has 4 aliphatic heterocycles. The largest absolute Gasteiger partial charge is 0.497 e. The van der Waals surface area contributed by atoms with Gasteiger partial charge in [0.05, 0.1) is 33.0 Å². The van der Waals surface area contributed by atoms with Gasteiger partial charge >= 0.3 is 10.4 Å². The van der Waals surface area contributed by atoms with Crippen LogP contribution in [0.5, 0.6) is 11.5 Å². The summed E-state index contributed by atoms with van der Waals surface area (Å²) in [6.07, 6.45) is -36.4. The van der Waals surface area contributed by atoms with Crippen LogP contribution in [-0.2, 0) is 47.7 Å². The topological polar surface area (TPSA) is 369 Å². The Kier molecular flexibility index (Phi) is 15.2. The van der Waals surface area contributed by atoms with Crippen molar-refractivity contribution in [2.45, 2.75) is 130 Å². The van der Waals surface area contributed by atoms with Gasteiger partial charge in [0, 0.05) is 0 Å². The minimum Gasteiger partial charge on any atom is -0.497 e. The van der Waals surface area contributed by atoms with Gasteiger partial charge in [0.25, 0.3) is 0 Å². The molecule has 20 atom stereocenters. The van der Waals surface area contributed by atoms with Crippen molar-refractivity contribution in [3.63, 3.8) is 0 Å². The molecular weight excluding hydrogens is 788 g/mol. The van der Waals surface area contributed by atoms with Gasteiger partial charge in [-0.05, 0) is 31.2 Å². The number of hydrogen-bond donors (Lipinski definition) is 12. The van der Waals surface area contributed by atoms with Crippen LogP contribution in [0, 0.1) is 0 Å². The summed E-state index contributed by atoms with van der Waals surface area (Å²) in [5.74, 6) is 0.674. The summed E-state index contributed by atoms with van der Waals surface area (Å²) in [6.45, 7) is -1.38. The van der Waals surface area contributed by atoms with Crippen LogP contribution in [0.4, 0.5) is 0 Å². The third-order valence-corrected chi connectivity index (χ3v) is 10.1. The lowest BCUT2D eigenvalue weighted by atomic mass is 9.96. The molecule has 5 rings (SSSR count).